The number of carbonyl (C=O) groups excluding carboxylic acids is 1. The fourth-order valence-corrected chi connectivity index (χ4v) is 4.66. The highest BCUT2D eigenvalue weighted by Crippen LogP contribution is 2.37. The second kappa shape index (κ2) is 13.9. The Morgan fingerprint density at radius 1 is 1.24 bits per heavy atom. The van der Waals surface area contributed by atoms with Crippen LogP contribution in [0.3, 0.4) is 0 Å². The quantitative estimate of drug-likeness (QED) is 0.156. The molecule has 0 fully saturated rings. The van der Waals surface area contributed by atoms with Crippen molar-refractivity contribution in [1.29, 1.82) is 0 Å². The van der Waals surface area contributed by atoms with Gasteiger partial charge in [0.25, 0.3) is 0 Å². The van der Waals surface area contributed by atoms with Gasteiger partial charge in [-0.05, 0) is 32.9 Å². The largest absolute Gasteiger partial charge is 0.462 e. The molecule has 2 unspecified atom stereocenters. The SMILES string of the molecule is C#C[C@@H](CC(COP(N[C@@H](C)C(=O)OC(C)C)Oc1ccccc1)OC)n1cnc2c(NC)nc(N)nc21. The monoisotopic (exact) mass is 543 g/mol. The summed E-state index contributed by atoms with van der Waals surface area (Å²) in [6.07, 6.45) is 7.23. The number of carbonyl (C=O) groups is 1. The molecule has 0 aliphatic heterocycles. The van der Waals surface area contributed by atoms with Crippen LogP contribution in [0, 0.1) is 12.3 Å². The van der Waals surface area contributed by atoms with Crippen molar-refractivity contribution in [2.75, 3.05) is 31.8 Å². The molecule has 1 aromatic carbocycles. The van der Waals surface area contributed by atoms with Crippen molar-refractivity contribution in [3.8, 4) is 18.1 Å². The van der Waals surface area contributed by atoms with Crippen LogP contribution in [0.25, 0.3) is 11.2 Å². The Morgan fingerprint density at radius 2 is 1.97 bits per heavy atom. The Labute approximate surface area is 223 Å². The molecule has 0 aliphatic rings. The Bertz CT molecular complexity index is 1230. The van der Waals surface area contributed by atoms with Crippen molar-refractivity contribution < 1.29 is 23.3 Å². The molecule has 204 valence electrons. The zero-order valence-corrected chi connectivity index (χ0v) is 23.0. The van der Waals surface area contributed by atoms with Crippen LogP contribution in [0.2, 0.25) is 0 Å². The molecule has 0 bridgehead atoms. The van der Waals surface area contributed by atoms with E-state index in [1.165, 1.54) is 0 Å². The summed E-state index contributed by atoms with van der Waals surface area (Å²) in [4.78, 5) is 25.3. The molecule has 3 aromatic rings. The van der Waals surface area contributed by atoms with Crippen molar-refractivity contribution in [3.05, 3.63) is 36.7 Å². The fourth-order valence-electron chi connectivity index (χ4n) is 3.44. The van der Waals surface area contributed by atoms with E-state index in [-0.39, 0.29) is 18.7 Å². The molecule has 4 N–H and O–H groups in total. The van der Waals surface area contributed by atoms with Crippen molar-refractivity contribution in [3.63, 3.8) is 0 Å². The lowest BCUT2D eigenvalue weighted by atomic mass is 10.1. The Morgan fingerprint density at radius 3 is 2.61 bits per heavy atom. The van der Waals surface area contributed by atoms with Crippen LogP contribution in [-0.2, 0) is 18.8 Å². The van der Waals surface area contributed by atoms with E-state index in [1.54, 1.807) is 58.0 Å². The highest BCUT2D eigenvalue weighted by molar-refractivity contribution is 7.45. The number of aromatic nitrogens is 4. The smallest absolute Gasteiger partial charge is 0.323 e. The molecule has 12 nitrogen and oxygen atoms in total. The number of hydrogen-bond donors (Lipinski definition) is 3. The first kappa shape index (κ1) is 29.1. The summed E-state index contributed by atoms with van der Waals surface area (Å²) in [5.41, 5.74) is 6.94. The second-order valence-corrected chi connectivity index (χ2v) is 9.79. The number of nitrogens with two attached hydrogens (primary N) is 1. The zero-order chi connectivity index (χ0) is 27.7. The highest BCUT2D eigenvalue weighted by atomic mass is 31.2. The first-order chi connectivity index (χ1) is 18.2. The molecule has 0 aliphatic carbocycles. The van der Waals surface area contributed by atoms with Gasteiger partial charge in [-0.25, -0.2) is 10.1 Å². The average molecular weight is 544 g/mol. The molecule has 3 rings (SSSR count). The van der Waals surface area contributed by atoms with E-state index in [2.05, 4.69) is 31.3 Å². The number of imidazole rings is 1. The van der Waals surface area contributed by atoms with E-state index in [1.807, 2.05) is 18.2 Å². The van der Waals surface area contributed by atoms with Gasteiger partial charge in [0.2, 0.25) is 5.95 Å². The van der Waals surface area contributed by atoms with Crippen LogP contribution >= 0.6 is 8.53 Å². The summed E-state index contributed by atoms with van der Waals surface area (Å²) in [5.74, 6) is 3.57. The number of nitrogens with one attached hydrogen (secondary N) is 2. The summed E-state index contributed by atoms with van der Waals surface area (Å²) >= 11 is 0. The van der Waals surface area contributed by atoms with Crippen LogP contribution < -0.4 is 20.7 Å². The molecule has 2 heterocycles. The molecule has 0 saturated heterocycles. The molecular weight excluding hydrogens is 509 g/mol. The first-order valence-electron chi connectivity index (χ1n) is 12.0. The number of esters is 1. The third-order valence-electron chi connectivity index (χ3n) is 5.34. The summed E-state index contributed by atoms with van der Waals surface area (Å²) < 4.78 is 24.8. The van der Waals surface area contributed by atoms with Crippen molar-refractivity contribution >= 4 is 37.4 Å². The van der Waals surface area contributed by atoms with Crippen LogP contribution in [0.5, 0.6) is 5.75 Å². The van der Waals surface area contributed by atoms with Crippen LogP contribution in [0.15, 0.2) is 36.7 Å². The molecule has 2 aromatic heterocycles. The molecular formula is C25H34N7O5P. The molecule has 13 heteroatoms. The van der Waals surface area contributed by atoms with Gasteiger partial charge in [-0.1, -0.05) is 24.1 Å². The van der Waals surface area contributed by atoms with Gasteiger partial charge < -0.3 is 34.1 Å². The number of benzene rings is 1. The van der Waals surface area contributed by atoms with E-state index in [4.69, 9.17) is 30.7 Å². The molecule has 38 heavy (non-hydrogen) atoms. The number of nitrogens with zero attached hydrogens (tertiary/aromatic N) is 4. The molecule has 0 amide bonds. The number of para-hydroxylation sites is 1. The first-order valence-corrected chi connectivity index (χ1v) is 13.2. The fraction of sp³-hybridized carbons (Fsp3) is 0.440. The summed E-state index contributed by atoms with van der Waals surface area (Å²) in [5, 5.41) is 6.05. The maximum atomic E-state index is 12.4. The number of fused-ring (bicyclic) bond motifs is 1. The van der Waals surface area contributed by atoms with Gasteiger partial charge in [-0.2, -0.15) is 9.97 Å². The van der Waals surface area contributed by atoms with E-state index >= 15 is 0 Å². The number of methoxy groups -OCH3 is 1. The normalized spacial score (nSPS) is 14.4. The van der Waals surface area contributed by atoms with E-state index < -0.39 is 32.7 Å². The maximum Gasteiger partial charge on any atom is 0.323 e. The standard InChI is InChI=1S/C25H34N7O5P/c1-7-18(32-15-28-21-22(27-5)29-25(26)30-23(21)32)13-20(34-6)14-35-38(37-19-11-9-8-10-12-19)31-17(4)24(33)36-16(2)3/h1,8-12,15-18,20,31H,13-14H2,2-6H3,(H3,26,27,29,30)/t17-,18-,20?,38?/m0/s1. The lowest BCUT2D eigenvalue weighted by Gasteiger charge is -2.25. The molecule has 0 spiro atoms. The van der Waals surface area contributed by atoms with Gasteiger partial charge in [-0.3, -0.25) is 4.79 Å². The lowest BCUT2D eigenvalue weighted by Crippen LogP contribution is -2.35. The van der Waals surface area contributed by atoms with E-state index in [9.17, 15) is 4.79 Å². The maximum absolute atomic E-state index is 12.4. The van der Waals surface area contributed by atoms with Gasteiger partial charge in [0.1, 0.15) is 11.8 Å². The number of hydrogen-bond acceptors (Lipinski definition) is 11. The van der Waals surface area contributed by atoms with E-state index in [0.29, 0.717) is 29.2 Å². The predicted octanol–water partition coefficient (Wildman–Crippen LogP) is 3.28. The Kier molecular flexibility index (Phi) is 10.6. The van der Waals surface area contributed by atoms with Gasteiger partial charge in [-0.15, -0.1) is 6.42 Å². The summed E-state index contributed by atoms with van der Waals surface area (Å²) in [6, 6.07) is 8.07. The van der Waals surface area contributed by atoms with Crippen LogP contribution in [0.4, 0.5) is 11.8 Å². The predicted molar refractivity (Wildman–Crippen MR) is 146 cm³/mol. The number of nitrogen functional groups attached to an aromatic ring is 1. The highest BCUT2D eigenvalue weighted by Gasteiger charge is 2.26. The molecule has 0 saturated carbocycles. The van der Waals surface area contributed by atoms with Crippen molar-refractivity contribution in [2.24, 2.45) is 0 Å². The van der Waals surface area contributed by atoms with Gasteiger partial charge in [0.05, 0.1) is 31.2 Å². The minimum atomic E-state index is -1.73. The van der Waals surface area contributed by atoms with Gasteiger partial charge in [0.15, 0.2) is 17.0 Å². The van der Waals surface area contributed by atoms with Crippen molar-refractivity contribution in [2.45, 2.75) is 51.5 Å². The van der Waals surface area contributed by atoms with E-state index in [0.717, 1.165) is 0 Å². The topological polar surface area (TPSA) is 148 Å². The number of rotatable bonds is 14. The Balaban J connectivity index is 1.73. The van der Waals surface area contributed by atoms with Crippen molar-refractivity contribution in [1.82, 2.24) is 24.6 Å². The second-order valence-electron chi connectivity index (χ2n) is 8.57. The van der Waals surface area contributed by atoms with Crippen LogP contribution in [-0.4, -0.2) is 64.5 Å². The lowest BCUT2D eigenvalue weighted by molar-refractivity contribution is -0.149. The van der Waals surface area contributed by atoms with Crippen LogP contribution in [0.1, 0.15) is 33.2 Å². The zero-order valence-electron chi connectivity index (χ0n) is 22.1. The minimum Gasteiger partial charge on any atom is -0.462 e. The van der Waals surface area contributed by atoms with Gasteiger partial charge >= 0.3 is 14.5 Å². The summed E-state index contributed by atoms with van der Waals surface area (Å²) in [6.45, 7) is 5.41. The molecule has 0 radical (unpaired) electrons. The van der Waals surface area contributed by atoms with Gasteiger partial charge in [0, 0.05) is 20.6 Å². The Hall–Kier alpha value is -3.49. The summed E-state index contributed by atoms with van der Waals surface area (Å²) in [7, 11) is 1.57. The third-order valence-corrected chi connectivity index (χ3v) is 6.70. The average Bonchev–Trinajstić information content (AvgIpc) is 3.32. The number of anilines is 2. The number of ether oxygens (including phenoxy) is 2. The third kappa shape index (κ3) is 7.76. The molecule has 4 atom stereocenters. The minimum absolute atomic E-state index is 0.103. The number of terminal acetylenes is 1.